The van der Waals surface area contributed by atoms with Crippen molar-refractivity contribution in [3.05, 3.63) is 71.3 Å². The predicted molar refractivity (Wildman–Crippen MR) is 111 cm³/mol. The molecule has 28 heavy (non-hydrogen) atoms. The maximum atomic E-state index is 13.4. The van der Waals surface area contributed by atoms with Gasteiger partial charge in [-0.05, 0) is 60.6 Å². The molecule has 0 unspecified atom stereocenters. The van der Waals surface area contributed by atoms with Crippen molar-refractivity contribution in [2.24, 2.45) is 10.9 Å². The molecule has 0 bridgehead atoms. The highest BCUT2D eigenvalue weighted by molar-refractivity contribution is 5.85. The highest BCUT2D eigenvalue weighted by Crippen LogP contribution is 2.38. The maximum Gasteiger partial charge on any atom is 0.193 e. The van der Waals surface area contributed by atoms with Gasteiger partial charge in [0.25, 0.3) is 0 Å². The van der Waals surface area contributed by atoms with Crippen LogP contribution < -0.4 is 5.32 Å². The molecule has 0 aliphatic carbocycles. The Morgan fingerprint density at radius 3 is 1.89 bits per heavy atom. The summed E-state index contributed by atoms with van der Waals surface area (Å²) in [5.74, 6) is 1.15. The zero-order valence-corrected chi connectivity index (χ0v) is 16.6. The highest BCUT2D eigenvalue weighted by Gasteiger charge is 2.30. The zero-order valence-electron chi connectivity index (χ0n) is 15.8. The van der Waals surface area contributed by atoms with Crippen LogP contribution in [0.4, 0.5) is 8.78 Å². The van der Waals surface area contributed by atoms with E-state index < -0.39 is 0 Å². The molecule has 3 nitrogen and oxygen atoms in total. The lowest BCUT2D eigenvalue weighted by atomic mass is 9.76. The topological polar surface area (TPSA) is 27.6 Å². The third-order valence-electron chi connectivity index (χ3n) is 5.65. The van der Waals surface area contributed by atoms with E-state index in [9.17, 15) is 8.78 Å². The number of hydrogen-bond donors (Lipinski definition) is 1. The molecule has 1 N–H and O–H groups in total. The number of piperidine rings is 1. The summed E-state index contributed by atoms with van der Waals surface area (Å²) in [6.45, 7) is 3.80. The minimum atomic E-state index is -0.229. The standard InChI is InChI=1S/C22H25F2N3.ClH/c23-19-6-2-16(3-7-19)21(17-4-8-20(24)9-5-17)18-10-14-27(15-11-18)22-25-12-1-13-26-22;/h2-9,18,21H,1,10-15H2,(H,25,26);1H. The van der Waals surface area contributed by atoms with Gasteiger partial charge in [0.2, 0.25) is 0 Å². The molecular formula is C22H26ClF2N3. The van der Waals surface area contributed by atoms with Crippen molar-refractivity contribution in [2.45, 2.75) is 25.2 Å². The molecule has 2 aliphatic rings. The maximum absolute atomic E-state index is 13.4. The number of benzene rings is 2. The molecule has 2 aromatic carbocycles. The van der Waals surface area contributed by atoms with E-state index in [1.54, 1.807) is 0 Å². The summed E-state index contributed by atoms with van der Waals surface area (Å²) >= 11 is 0. The van der Waals surface area contributed by atoms with Crippen LogP contribution in [0.3, 0.4) is 0 Å². The Labute approximate surface area is 171 Å². The molecule has 2 aliphatic heterocycles. The Kier molecular flexibility index (Phi) is 6.89. The molecule has 4 rings (SSSR count). The predicted octanol–water partition coefficient (Wildman–Crippen LogP) is 4.58. The monoisotopic (exact) mass is 405 g/mol. The van der Waals surface area contributed by atoms with Crippen LogP contribution in [-0.4, -0.2) is 37.0 Å². The van der Waals surface area contributed by atoms with E-state index in [-0.39, 0.29) is 30.0 Å². The van der Waals surface area contributed by atoms with Crippen molar-refractivity contribution in [3.8, 4) is 0 Å². The molecule has 0 atom stereocenters. The summed E-state index contributed by atoms with van der Waals surface area (Å²) in [6.07, 6.45) is 3.15. The van der Waals surface area contributed by atoms with E-state index in [4.69, 9.17) is 0 Å². The van der Waals surface area contributed by atoms with Crippen LogP contribution in [0.5, 0.6) is 0 Å². The number of guanidine groups is 1. The second-order valence-electron chi connectivity index (χ2n) is 7.39. The SMILES string of the molecule is Cl.Fc1ccc(C(c2ccc(F)cc2)C2CCN(C3=NCCCN3)CC2)cc1. The molecule has 0 saturated carbocycles. The molecule has 150 valence electrons. The van der Waals surface area contributed by atoms with Crippen molar-refractivity contribution in [1.82, 2.24) is 10.2 Å². The van der Waals surface area contributed by atoms with E-state index in [1.807, 2.05) is 24.3 Å². The third-order valence-corrected chi connectivity index (χ3v) is 5.65. The van der Waals surface area contributed by atoms with Crippen LogP contribution in [0.2, 0.25) is 0 Å². The summed E-state index contributed by atoms with van der Waals surface area (Å²) in [5.41, 5.74) is 2.18. The molecule has 1 saturated heterocycles. The fourth-order valence-electron chi connectivity index (χ4n) is 4.25. The quantitative estimate of drug-likeness (QED) is 0.809. The second-order valence-corrected chi connectivity index (χ2v) is 7.39. The van der Waals surface area contributed by atoms with Gasteiger partial charge >= 0.3 is 0 Å². The first-order valence-electron chi connectivity index (χ1n) is 9.75. The lowest BCUT2D eigenvalue weighted by Gasteiger charge is -2.38. The van der Waals surface area contributed by atoms with Crippen LogP contribution in [0.15, 0.2) is 53.5 Å². The van der Waals surface area contributed by atoms with Crippen LogP contribution in [0.25, 0.3) is 0 Å². The number of hydrogen-bond acceptors (Lipinski definition) is 3. The number of rotatable bonds is 3. The molecule has 0 amide bonds. The van der Waals surface area contributed by atoms with Crippen molar-refractivity contribution in [3.63, 3.8) is 0 Å². The third kappa shape index (κ3) is 4.64. The first kappa shape index (κ1) is 20.6. The van der Waals surface area contributed by atoms with Gasteiger partial charge in [0.05, 0.1) is 0 Å². The van der Waals surface area contributed by atoms with Gasteiger partial charge in [-0.25, -0.2) is 8.78 Å². The zero-order chi connectivity index (χ0) is 18.6. The van der Waals surface area contributed by atoms with Gasteiger partial charge in [0.1, 0.15) is 11.6 Å². The minimum Gasteiger partial charge on any atom is -0.356 e. The molecular weight excluding hydrogens is 380 g/mol. The van der Waals surface area contributed by atoms with Gasteiger partial charge in [-0.15, -0.1) is 12.4 Å². The fourth-order valence-corrected chi connectivity index (χ4v) is 4.25. The summed E-state index contributed by atoms with van der Waals surface area (Å²) in [6, 6.07) is 13.5. The van der Waals surface area contributed by atoms with Crippen LogP contribution in [-0.2, 0) is 0 Å². The van der Waals surface area contributed by atoms with Crippen molar-refractivity contribution >= 4 is 18.4 Å². The Hall–Kier alpha value is -2.14. The molecule has 2 aromatic rings. The summed E-state index contributed by atoms with van der Waals surface area (Å²) < 4.78 is 26.9. The summed E-state index contributed by atoms with van der Waals surface area (Å²) in [4.78, 5) is 6.94. The van der Waals surface area contributed by atoms with Crippen molar-refractivity contribution in [1.29, 1.82) is 0 Å². The number of halogens is 3. The number of nitrogens with one attached hydrogen (secondary N) is 1. The van der Waals surface area contributed by atoms with E-state index in [0.29, 0.717) is 5.92 Å². The lowest BCUT2D eigenvalue weighted by molar-refractivity contribution is 0.242. The second kappa shape index (κ2) is 9.37. The molecule has 6 heteroatoms. The lowest BCUT2D eigenvalue weighted by Crippen LogP contribution is -2.48. The van der Waals surface area contributed by atoms with Gasteiger partial charge in [-0.2, -0.15) is 0 Å². The Morgan fingerprint density at radius 2 is 1.43 bits per heavy atom. The summed E-state index contributed by atoms with van der Waals surface area (Å²) in [7, 11) is 0. The number of nitrogens with zero attached hydrogens (tertiary/aromatic N) is 2. The molecule has 0 aromatic heterocycles. The fraction of sp³-hybridized carbons (Fsp3) is 0.409. The molecule has 0 radical (unpaired) electrons. The molecule has 1 fully saturated rings. The first-order chi connectivity index (χ1) is 13.2. The van der Waals surface area contributed by atoms with E-state index >= 15 is 0 Å². The van der Waals surface area contributed by atoms with Crippen LogP contribution >= 0.6 is 12.4 Å². The van der Waals surface area contributed by atoms with Gasteiger partial charge in [-0.3, -0.25) is 4.99 Å². The van der Waals surface area contributed by atoms with E-state index in [0.717, 1.165) is 62.5 Å². The van der Waals surface area contributed by atoms with Crippen molar-refractivity contribution in [2.75, 3.05) is 26.2 Å². The van der Waals surface area contributed by atoms with Gasteiger partial charge in [0.15, 0.2) is 5.96 Å². The van der Waals surface area contributed by atoms with E-state index in [2.05, 4.69) is 15.2 Å². The molecule has 0 spiro atoms. The Morgan fingerprint density at radius 1 is 0.893 bits per heavy atom. The number of likely N-dealkylation sites (tertiary alicyclic amines) is 1. The highest BCUT2D eigenvalue weighted by atomic mass is 35.5. The average molecular weight is 406 g/mol. The van der Waals surface area contributed by atoms with Gasteiger partial charge in [0, 0.05) is 32.1 Å². The molecule has 2 heterocycles. The number of aliphatic imine (C=N–C) groups is 1. The largest absolute Gasteiger partial charge is 0.356 e. The minimum absolute atomic E-state index is 0. The average Bonchev–Trinajstić information content (AvgIpc) is 2.72. The smallest absolute Gasteiger partial charge is 0.193 e. The van der Waals surface area contributed by atoms with Crippen LogP contribution in [0, 0.1) is 17.6 Å². The van der Waals surface area contributed by atoms with Crippen LogP contribution in [0.1, 0.15) is 36.3 Å². The van der Waals surface area contributed by atoms with E-state index in [1.165, 1.54) is 24.3 Å². The normalized spacial score (nSPS) is 17.7. The van der Waals surface area contributed by atoms with Crippen molar-refractivity contribution < 1.29 is 8.78 Å². The first-order valence-corrected chi connectivity index (χ1v) is 9.75. The Bertz CT molecular complexity index is 739. The van der Waals surface area contributed by atoms with Gasteiger partial charge < -0.3 is 10.2 Å². The Balaban J connectivity index is 0.00000225. The summed E-state index contributed by atoms with van der Waals surface area (Å²) in [5, 5.41) is 3.40. The van der Waals surface area contributed by atoms with Gasteiger partial charge in [-0.1, -0.05) is 24.3 Å².